The Morgan fingerprint density at radius 2 is 1.91 bits per heavy atom. The fraction of sp³-hybridized carbons (Fsp3) is 0.267. The molecule has 8 heteroatoms. The van der Waals surface area contributed by atoms with Crippen LogP contribution in [0.5, 0.6) is 0 Å². The normalized spacial score (nSPS) is 20.7. The minimum atomic E-state index is -1.21. The molecule has 0 spiro atoms. The first kappa shape index (κ1) is 14.1. The average molecular weight is 319 g/mol. The van der Waals surface area contributed by atoms with Gasteiger partial charge in [-0.1, -0.05) is 0 Å². The van der Waals surface area contributed by atoms with Gasteiger partial charge in [0.25, 0.3) is 0 Å². The van der Waals surface area contributed by atoms with E-state index in [9.17, 15) is 13.2 Å². The highest BCUT2D eigenvalue weighted by Crippen LogP contribution is 2.32. The van der Waals surface area contributed by atoms with Gasteiger partial charge >= 0.3 is 0 Å². The van der Waals surface area contributed by atoms with Crippen molar-refractivity contribution in [1.29, 1.82) is 0 Å². The Balaban J connectivity index is 1.79. The third-order valence-electron chi connectivity index (χ3n) is 4.27. The molecule has 0 saturated heterocycles. The summed E-state index contributed by atoms with van der Waals surface area (Å²) in [7, 11) is 0. The van der Waals surface area contributed by atoms with Crippen LogP contribution in [0.2, 0.25) is 0 Å². The van der Waals surface area contributed by atoms with Gasteiger partial charge in [-0.2, -0.15) is 5.10 Å². The van der Waals surface area contributed by atoms with Crippen LogP contribution in [0.25, 0.3) is 11.2 Å². The standard InChI is InChI=1S/C15H12F3N5/c16-9-5-11(18)10(17)3-7(9)8-4-14-21-15-13(1-2-20-22-15)23(14)6-12(8)19/h1-3,5,8,12H,4,6,19H2/t8-,12+/m1/s1. The molecule has 0 saturated carbocycles. The number of rotatable bonds is 1. The monoisotopic (exact) mass is 319 g/mol. The van der Waals surface area contributed by atoms with E-state index in [4.69, 9.17) is 5.73 Å². The zero-order valence-corrected chi connectivity index (χ0v) is 11.9. The third-order valence-corrected chi connectivity index (χ3v) is 4.27. The molecule has 3 heterocycles. The minimum Gasteiger partial charge on any atom is -0.326 e. The van der Waals surface area contributed by atoms with Gasteiger partial charge in [0.2, 0.25) is 0 Å². The van der Waals surface area contributed by atoms with Crippen molar-refractivity contribution >= 4 is 11.2 Å². The maximum Gasteiger partial charge on any atom is 0.200 e. The van der Waals surface area contributed by atoms with Crippen LogP contribution in [0.1, 0.15) is 17.3 Å². The SMILES string of the molecule is N[C@H]1Cn2c(nc3nnccc32)C[C@@H]1c1cc(F)c(F)cc1F. The van der Waals surface area contributed by atoms with E-state index in [0.717, 1.165) is 11.6 Å². The van der Waals surface area contributed by atoms with Gasteiger partial charge in [-0.3, -0.25) is 0 Å². The molecule has 1 aromatic carbocycles. The predicted molar refractivity (Wildman–Crippen MR) is 76.1 cm³/mol. The smallest absolute Gasteiger partial charge is 0.200 e. The van der Waals surface area contributed by atoms with Gasteiger partial charge in [0, 0.05) is 31.0 Å². The highest BCUT2D eigenvalue weighted by molar-refractivity contribution is 5.70. The molecule has 23 heavy (non-hydrogen) atoms. The summed E-state index contributed by atoms with van der Waals surface area (Å²) < 4.78 is 42.6. The van der Waals surface area contributed by atoms with Crippen LogP contribution in [-0.2, 0) is 13.0 Å². The van der Waals surface area contributed by atoms with Gasteiger partial charge in [0.05, 0.1) is 11.7 Å². The van der Waals surface area contributed by atoms with Gasteiger partial charge in [0.15, 0.2) is 17.3 Å². The molecule has 5 nitrogen and oxygen atoms in total. The average Bonchev–Trinajstić information content (AvgIpc) is 2.88. The Hall–Kier alpha value is -2.48. The Morgan fingerprint density at radius 3 is 2.74 bits per heavy atom. The summed E-state index contributed by atoms with van der Waals surface area (Å²) in [6.07, 6.45) is 1.88. The summed E-state index contributed by atoms with van der Waals surface area (Å²) in [5.41, 5.74) is 7.52. The second-order valence-electron chi connectivity index (χ2n) is 5.64. The van der Waals surface area contributed by atoms with E-state index in [1.54, 1.807) is 12.3 Å². The molecule has 0 bridgehead atoms. The maximum atomic E-state index is 14.1. The van der Waals surface area contributed by atoms with E-state index in [1.165, 1.54) is 0 Å². The fourth-order valence-electron chi connectivity index (χ4n) is 3.14. The quantitative estimate of drug-likeness (QED) is 0.696. The van der Waals surface area contributed by atoms with Crippen molar-refractivity contribution in [2.24, 2.45) is 5.73 Å². The second-order valence-corrected chi connectivity index (χ2v) is 5.64. The Kier molecular flexibility index (Phi) is 3.08. The Labute approximate surface area is 129 Å². The van der Waals surface area contributed by atoms with Crippen LogP contribution in [-0.4, -0.2) is 25.8 Å². The largest absolute Gasteiger partial charge is 0.326 e. The number of hydrogen-bond acceptors (Lipinski definition) is 4. The van der Waals surface area contributed by atoms with E-state index >= 15 is 0 Å². The molecule has 0 unspecified atom stereocenters. The van der Waals surface area contributed by atoms with Crippen LogP contribution < -0.4 is 5.73 Å². The second kappa shape index (κ2) is 5.02. The predicted octanol–water partition coefficient (Wildman–Crippen LogP) is 1.91. The molecule has 1 aliphatic rings. The molecule has 0 fully saturated rings. The Bertz CT molecular complexity index is 908. The number of aromatic nitrogens is 4. The van der Waals surface area contributed by atoms with Gasteiger partial charge in [0.1, 0.15) is 11.6 Å². The van der Waals surface area contributed by atoms with Crippen LogP contribution in [0.3, 0.4) is 0 Å². The summed E-state index contributed by atoms with van der Waals surface area (Å²) in [4.78, 5) is 4.38. The number of fused-ring (bicyclic) bond motifs is 3. The number of benzene rings is 1. The molecule has 2 atom stereocenters. The van der Waals surface area contributed by atoms with Crippen molar-refractivity contribution in [3.8, 4) is 0 Å². The van der Waals surface area contributed by atoms with Gasteiger partial charge in [-0.05, 0) is 17.7 Å². The molecule has 2 aromatic heterocycles. The summed E-state index contributed by atoms with van der Waals surface area (Å²) in [6, 6.07) is 2.77. The molecule has 0 aliphatic carbocycles. The molecule has 3 aromatic rings. The number of nitrogens with zero attached hydrogens (tertiary/aromatic N) is 4. The first-order chi connectivity index (χ1) is 11.0. The minimum absolute atomic E-state index is 0.0702. The molecule has 4 rings (SSSR count). The first-order valence-electron chi connectivity index (χ1n) is 7.11. The van der Waals surface area contributed by atoms with Gasteiger partial charge in [-0.25, -0.2) is 18.2 Å². The van der Waals surface area contributed by atoms with Gasteiger partial charge in [-0.15, -0.1) is 5.10 Å². The number of hydrogen-bond donors (Lipinski definition) is 1. The summed E-state index contributed by atoms with van der Waals surface area (Å²) in [6.45, 7) is 0.390. The fourth-order valence-corrected chi connectivity index (χ4v) is 3.14. The molecular weight excluding hydrogens is 307 g/mol. The van der Waals surface area contributed by atoms with Crippen LogP contribution in [0.15, 0.2) is 24.4 Å². The van der Waals surface area contributed by atoms with E-state index in [2.05, 4.69) is 15.2 Å². The van der Waals surface area contributed by atoms with Crippen LogP contribution in [0, 0.1) is 17.5 Å². The number of halogens is 3. The lowest BCUT2D eigenvalue weighted by Gasteiger charge is -2.30. The van der Waals surface area contributed by atoms with E-state index in [1.807, 2.05) is 4.57 Å². The van der Waals surface area contributed by atoms with Crippen LogP contribution in [0.4, 0.5) is 13.2 Å². The highest BCUT2D eigenvalue weighted by atomic mass is 19.2. The van der Waals surface area contributed by atoms with Crippen molar-refractivity contribution in [3.05, 3.63) is 53.2 Å². The first-order valence-corrected chi connectivity index (χ1v) is 7.11. The molecular formula is C15H12F3N5. The Morgan fingerprint density at radius 1 is 1.13 bits per heavy atom. The van der Waals surface area contributed by atoms with Crippen molar-refractivity contribution in [3.63, 3.8) is 0 Å². The maximum absolute atomic E-state index is 14.1. The molecule has 0 radical (unpaired) electrons. The van der Waals surface area contributed by atoms with Gasteiger partial charge < -0.3 is 10.3 Å². The zero-order chi connectivity index (χ0) is 16.1. The molecule has 1 aliphatic heterocycles. The summed E-state index contributed by atoms with van der Waals surface area (Å²) in [5.74, 6) is -2.90. The number of nitrogens with two attached hydrogens (primary N) is 1. The van der Waals surface area contributed by atoms with Crippen molar-refractivity contribution < 1.29 is 13.2 Å². The number of imidazole rings is 1. The zero-order valence-electron chi connectivity index (χ0n) is 11.9. The molecule has 2 N–H and O–H groups in total. The lowest BCUT2D eigenvalue weighted by atomic mass is 9.86. The molecule has 118 valence electrons. The van der Waals surface area contributed by atoms with Crippen LogP contribution >= 0.6 is 0 Å². The van der Waals surface area contributed by atoms with Crippen molar-refractivity contribution in [2.45, 2.75) is 24.9 Å². The topological polar surface area (TPSA) is 69.6 Å². The van der Waals surface area contributed by atoms with Crippen molar-refractivity contribution in [1.82, 2.24) is 19.7 Å². The lowest BCUT2D eigenvalue weighted by molar-refractivity contribution is 0.392. The van der Waals surface area contributed by atoms with E-state index < -0.39 is 29.4 Å². The van der Waals surface area contributed by atoms with Crippen molar-refractivity contribution in [2.75, 3.05) is 0 Å². The summed E-state index contributed by atoms with van der Waals surface area (Å²) in [5, 5.41) is 7.73. The summed E-state index contributed by atoms with van der Waals surface area (Å²) >= 11 is 0. The highest BCUT2D eigenvalue weighted by Gasteiger charge is 2.32. The molecule has 0 amide bonds. The lowest BCUT2D eigenvalue weighted by Crippen LogP contribution is -2.39. The third kappa shape index (κ3) is 2.17. The van der Waals surface area contributed by atoms with E-state index in [0.29, 0.717) is 30.5 Å². The van der Waals surface area contributed by atoms with E-state index in [-0.39, 0.29) is 5.56 Å².